The van der Waals surface area contributed by atoms with E-state index in [1.807, 2.05) is 13.8 Å². The van der Waals surface area contributed by atoms with Crippen LogP contribution in [0.5, 0.6) is 0 Å². The molecule has 2 aromatic carbocycles. The van der Waals surface area contributed by atoms with E-state index in [2.05, 4.69) is 10.4 Å². The maximum atomic E-state index is 13.8. The molecule has 0 radical (unpaired) electrons. The summed E-state index contributed by atoms with van der Waals surface area (Å²) in [6.45, 7) is 5.44. The predicted octanol–water partition coefficient (Wildman–Crippen LogP) is 4.50. The van der Waals surface area contributed by atoms with Crippen molar-refractivity contribution in [1.82, 2.24) is 14.3 Å². The lowest BCUT2D eigenvalue weighted by atomic mass is 10.0. The molecule has 4 rings (SSSR count). The van der Waals surface area contributed by atoms with Crippen molar-refractivity contribution in [3.05, 3.63) is 86.8 Å². The van der Waals surface area contributed by atoms with E-state index in [1.54, 1.807) is 36.9 Å². The molecule has 0 aliphatic rings. The van der Waals surface area contributed by atoms with E-state index in [-0.39, 0.29) is 24.3 Å². The second-order valence-electron chi connectivity index (χ2n) is 8.15. The Labute approximate surface area is 189 Å². The molecule has 0 fully saturated rings. The minimum Gasteiger partial charge on any atom is -0.326 e. The van der Waals surface area contributed by atoms with Gasteiger partial charge in [-0.1, -0.05) is 12.1 Å². The van der Waals surface area contributed by atoms with Crippen LogP contribution >= 0.6 is 0 Å². The molecule has 8 heteroatoms. The van der Waals surface area contributed by atoms with Crippen LogP contribution in [0.1, 0.15) is 28.8 Å². The zero-order valence-electron chi connectivity index (χ0n) is 18.9. The summed E-state index contributed by atoms with van der Waals surface area (Å²) in [5.74, 6) is -1.14. The number of fused-ring (bicyclic) bond motifs is 1. The standard InChI is InChI=1S/C25H24F2N4O2/c1-14-8-9-18(27)13-21(14)28-22(32)11-10-20-15(2)23-16(3)29-31(24(23)30(4)25(20)33)19-7-5-6-17(26)12-19/h5-9,12-13H,10-11H2,1-4H3,(H,28,32). The number of carbonyl (C=O) groups excluding carboxylic acids is 1. The number of nitrogens with one attached hydrogen (secondary N) is 1. The molecule has 0 aliphatic heterocycles. The number of carbonyl (C=O) groups is 1. The minimum atomic E-state index is -0.433. The molecule has 1 N–H and O–H groups in total. The molecule has 2 aromatic heterocycles. The summed E-state index contributed by atoms with van der Waals surface area (Å²) in [7, 11) is 1.64. The summed E-state index contributed by atoms with van der Waals surface area (Å²) in [4.78, 5) is 25.7. The van der Waals surface area contributed by atoms with Crippen molar-refractivity contribution in [2.24, 2.45) is 7.05 Å². The molecule has 0 spiro atoms. The van der Waals surface area contributed by atoms with Crippen molar-refractivity contribution in [2.45, 2.75) is 33.6 Å². The van der Waals surface area contributed by atoms with Crippen LogP contribution in [-0.2, 0) is 18.3 Å². The monoisotopic (exact) mass is 450 g/mol. The van der Waals surface area contributed by atoms with Crippen LogP contribution in [0.3, 0.4) is 0 Å². The molecule has 6 nitrogen and oxygen atoms in total. The van der Waals surface area contributed by atoms with Crippen molar-refractivity contribution < 1.29 is 13.6 Å². The van der Waals surface area contributed by atoms with Crippen LogP contribution in [0, 0.1) is 32.4 Å². The Hall–Kier alpha value is -3.81. The van der Waals surface area contributed by atoms with Gasteiger partial charge in [0.25, 0.3) is 5.56 Å². The van der Waals surface area contributed by atoms with Gasteiger partial charge in [-0.25, -0.2) is 13.5 Å². The average molecular weight is 450 g/mol. The number of halogens is 2. The van der Waals surface area contributed by atoms with Gasteiger partial charge in [0.05, 0.1) is 11.4 Å². The third-order valence-corrected chi connectivity index (χ3v) is 5.87. The fourth-order valence-corrected chi connectivity index (χ4v) is 4.14. The number of rotatable bonds is 5. The number of benzene rings is 2. The number of amides is 1. The highest BCUT2D eigenvalue weighted by Gasteiger charge is 2.20. The van der Waals surface area contributed by atoms with Gasteiger partial charge in [0.15, 0.2) is 0 Å². The first-order valence-electron chi connectivity index (χ1n) is 10.6. The fourth-order valence-electron chi connectivity index (χ4n) is 4.14. The van der Waals surface area contributed by atoms with Crippen molar-refractivity contribution in [1.29, 1.82) is 0 Å². The van der Waals surface area contributed by atoms with Gasteiger partial charge in [-0.05, 0) is 68.7 Å². The summed E-state index contributed by atoms with van der Waals surface area (Å²) in [5.41, 5.74) is 3.94. The van der Waals surface area contributed by atoms with Gasteiger partial charge >= 0.3 is 0 Å². The predicted molar refractivity (Wildman–Crippen MR) is 124 cm³/mol. The van der Waals surface area contributed by atoms with Crippen LogP contribution in [-0.4, -0.2) is 20.3 Å². The van der Waals surface area contributed by atoms with E-state index < -0.39 is 11.6 Å². The van der Waals surface area contributed by atoms with Crippen molar-refractivity contribution >= 4 is 22.6 Å². The van der Waals surface area contributed by atoms with Crippen LogP contribution in [0.4, 0.5) is 14.5 Å². The first-order chi connectivity index (χ1) is 15.7. The van der Waals surface area contributed by atoms with Crippen LogP contribution in [0.2, 0.25) is 0 Å². The molecule has 0 atom stereocenters. The summed E-state index contributed by atoms with van der Waals surface area (Å²) in [6.07, 6.45) is 0.286. The van der Waals surface area contributed by atoms with Gasteiger partial charge < -0.3 is 5.32 Å². The minimum absolute atomic E-state index is 0.0641. The van der Waals surface area contributed by atoms with Crippen molar-refractivity contribution in [3.63, 3.8) is 0 Å². The lowest BCUT2D eigenvalue weighted by molar-refractivity contribution is -0.116. The van der Waals surface area contributed by atoms with Crippen LogP contribution in [0.15, 0.2) is 47.3 Å². The summed E-state index contributed by atoms with van der Waals surface area (Å²) in [5, 5.41) is 8.05. The Kier molecular flexibility index (Phi) is 5.84. The number of aryl methyl sites for hydroxylation is 4. The van der Waals surface area contributed by atoms with Gasteiger partial charge in [0.1, 0.15) is 17.3 Å². The average Bonchev–Trinajstić information content (AvgIpc) is 3.12. The molecule has 0 bridgehead atoms. The van der Waals surface area contributed by atoms with Gasteiger partial charge in [0.2, 0.25) is 5.91 Å². The Morgan fingerprint density at radius 1 is 1.06 bits per heavy atom. The zero-order chi connectivity index (χ0) is 23.9. The number of pyridine rings is 1. The molecule has 170 valence electrons. The second-order valence-corrected chi connectivity index (χ2v) is 8.15. The highest BCUT2D eigenvalue weighted by Crippen LogP contribution is 2.26. The third kappa shape index (κ3) is 4.16. The quantitative estimate of drug-likeness (QED) is 0.487. The maximum Gasteiger partial charge on any atom is 0.255 e. The summed E-state index contributed by atoms with van der Waals surface area (Å²) in [6, 6.07) is 10.2. The van der Waals surface area contributed by atoms with E-state index in [0.717, 1.165) is 16.5 Å². The van der Waals surface area contributed by atoms with Gasteiger partial charge in [-0.3, -0.25) is 14.2 Å². The molecule has 1 amide bonds. The van der Waals surface area contributed by atoms with E-state index >= 15 is 0 Å². The Morgan fingerprint density at radius 2 is 1.79 bits per heavy atom. The largest absolute Gasteiger partial charge is 0.326 e. The Balaban J connectivity index is 1.68. The van der Waals surface area contributed by atoms with Crippen molar-refractivity contribution in [2.75, 3.05) is 5.32 Å². The van der Waals surface area contributed by atoms with Gasteiger partial charge in [-0.2, -0.15) is 5.10 Å². The van der Waals surface area contributed by atoms with E-state index in [1.165, 1.54) is 28.8 Å². The summed E-state index contributed by atoms with van der Waals surface area (Å²) < 4.78 is 30.3. The number of aromatic nitrogens is 3. The molecular formula is C25H24F2N4O2. The van der Waals surface area contributed by atoms with E-state index in [9.17, 15) is 18.4 Å². The van der Waals surface area contributed by atoms with Gasteiger partial charge in [-0.15, -0.1) is 0 Å². The molecule has 2 heterocycles. The smallest absolute Gasteiger partial charge is 0.255 e. The first kappa shape index (κ1) is 22.4. The fraction of sp³-hybridized carbons (Fsp3) is 0.240. The normalized spacial score (nSPS) is 11.2. The van der Waals surface area contributed by atoms with E-state index in [0.29, 0.717) is 28.3 Å². The third-order valence-electron chi connectivity index (χ3n) is 5.87. The van der Waals surface area contributed by atoms with Crippen molar-refractivity contribution in [3.8, 4) is 5.69 Å². The lowest BCUT2D eigenvalue weighted by Crippen LogP contribution is -2.25. The molecular weight excluding hydrogens is 426 g/mol. The Morgan fingerprint density at radius 3 is 2.52 bits per heavy atom. The molecule has 0 unspecified atom stereocenters. The Bertz CT molecular complexity index is 1450. The SMILES string of the molecule is Cc1ccc(F)cc1NC(=O)CCc1c(C)c2c(C)nn(-c3cccc(F)c3)c2n(C)c1=O. The molecule has 0 aliphatic carbocycles. The van der Waals surface area contributed by atoms with Gasteiger partial charge in [0, 0.05) is 30.1 Å². The maximum absolute atomic E-state index is 13.8. The van der Waals surface area contributed by atoms with Crippen LogP contribution in [0.25, 0.3) is 16.7 Å². The van der Waals surface area contributed by atoms with Crippen LogP contribution < -0.4 is 10.9 Å². The highest BCUT2D eigenvalue weighted by molar-refractivity contribution is 5.92. The second kappa shape index (κ2) is 8.61. The van der Waals surface area contributed by atoms with E-state index in [4.69, 9.17) is 0 Å². The molecule has 4 aromatic rings. The highest BCUT2D eigenvalue weighted by atomic mass is 19.1. The molecule has 33 heavy (non-hydrogen) atoms. The summed E-state index contributed by atoms with van der Waals surface area (Å²) >= 11 is 0. The number of hydrogen-bond acceptors (Lipinski definition) is 3. The lowest BCUT2D eigenvalue weighted by Gasteiger charge is -2.13. The number of nitrogens with zero attached hydrogens (tertiary/aromatic N) is 3. The first-order valence-corrected chi connectivity index (χ1v) is 10.6. The molecule has 0 saturated heterocycles. The topological polar surface area (TPSA) is 68.9 Å². The number of hydrogen-bond donors (Lipinski definition) is 1. The molecule has 0 saturated carbocycles. The number of anilines is 1. The zero-order valence-corrected chi connectivity index (χ0v) is 18.9.